The van der Waals surface area contributed by atoms with Gasteiger partial charge in [-0.3, -0.25) is 14.6 Å². The summed E-state index contributed by atoms with van der Waals surface area (Å²) in [5.74, 6) is 0. The zero-order valence-corrected chi connectivity index (χ0v) is 14.8. The Morgan fingerprint density at radius 3 is 2.73 bits per heavy atom. The van der Waals surface area contributed by atoms with E-state index in [0.29, 0.717) is 0 Å². The summed E-state index contributed by atoms with van der Waals surface area (Å²) in [6.07, 6.45) is 7.51. The maximum Gasteiger partial charge on any atom is 0.0983 e. The van der Waals surface area contributed by atoms with Gasteiger partial charge in [-0.15, -0.1) is 0 Å². The fourth-order valence-electron chi connectivity index (χ4n) is 3.59. The molecule has 0 radical (unpaired) electrons. The Morgan fingerprint density at radius 2 is 1.96 bits per heavy atom. The van der Waals surface area contributed by atoms with E-state index in [0.717, 1.165) is 50.3 Å². The summed E-state index contributed by atoms with van der Waals surface area (Å²) in [5, 5.41) is 14.8. The first-order chi connectivity index (χ1) is 12.8. The topological polar surface area (TPSA) is 54.2 Å². The summed E-state index contributed by atoms with van der Waals surface area (Å²) in [7, 11) is 0. The van der Waals surface area contributed by atoms with Crippen molar-refractivity contribution in [2.45, 2.75) is 32.0 Å². The number of nitrogens with zero attached hydrogens (tertiary/aromatic N) is 4. The van der Waals surface area contributed by atoms with Gasteiger partial charge in [-0.1, -0.05) is 30.3 Å². The van der Waals surface area contributed by atoms with Gasteiger partial charge in [-0.2, -0.15) is 5.10 Å². The van der Waals surface area contributed by atoms with Crippen LogP contribution in [0.5, 0.6) is 0 Å². The number of benzene rings is 1. The molecule has 0 bridgehead atoms. The Hall–Kier alpha value is -2.50. The average molecular weight is 348 g/mol. The minimum Gasteiger partial charge on any atom is -0.392 e. The molecule has 1 atom stereocenters. The molecule has 1 aliphatic heterocycles. The van der Waals surface area contributed by atoms with Crippen LogP contribution in [0.15, 0.2) is 61.1 Å². The highest BCUT2D eigenvalue weighted by atomic mass is 16.3. The molecule has 2 aromatic heterocycles. The van der Waals surface area contributed by atoms with Crippen LogP contribution in [0.25, 0.3) is 11.3 Å². The quantitative estimate of drug-likeness (QED) is 0.770. The van der Waals surface area contributed by atoms with Crippen LogP contribution in [0.3, 0.4) is 0 Å². The third-order valence-electron chi connectivity index (χ3n) is 4.83. The summed E-state index contributed by atoms with van der Waals surface area (Å²) >= 11 is 0. The smallest absolute Gasteiger partial charge is 0.0983 e. The fraction of sp³-hybridized carbons (Fsp3) is 0.333. The molecule has 26 heavy (non-hydrogen) atoms. The van der Waals surface area contributed by atoms with Gasteiger partial charge in [-0.05, 0) is 37.1 Å². The first kappa shape index (κ1) is 16.9. The lowest BCUT2D eigenvalue weighted by Gasteiger charge is -2.29. The molecule has 3 heterocycles. The number of hydrogen-bond donors (Lipinski definition) is 1. The Bertz CT molecular complexity index is 832. The van der Waals surface area contributed by atoms with Crippen molar-refractivity contribution in [2.24, 2.45) is 0 Å². The van der Waals surface area contributed by atoms with Crippen LogP contribution < -0.4 is 0 Å². The molecule has 1 unspecified atom stereocenters. The van der Waals surface area contributed by atoms with E-state index in [1.165, 1.54) is 11.1 Å². The van der Waals surface area contributed by atoms with Crippen molar-refractivity contribution in [3.8, 4) is 11.3 Å². The molecule has 0 amide bonds. The SMILES string of the molecule is OC1CCCN(Cc2cn(Cc3ccccc3)nc2-c2cccnc2)C1. The summed E-state index contributed by atoms with van der Waals surface area (Å²) in [6.45, 7) is 3.30. The standard InChI is InChI=1S/C21H24N4O/c26-20-9-5-11-24(16-20)14-19-15-25(13-17-6-2-1-3-7-17)23-21(19)18-8-4-10-22-12-18/h1-4,6-8,10,12,15,20,26H,5,9,11,13-14,16H2. The van der Waals surface area contributed by atoms with E-state index < -0.39 is 0 Å². The van der Waals surface area contributed by atoms with Crippen LogP contribution in [0.2, 0.25) is 0 Å². The highest BCUT2D eigenvalue weighted by molar-refractivity contribution is 5.61. The summed E-state index contributed by atoms with van der Waals surface area (Å²) in [5.41, 5.74) is 4.43. The Kier molecular flexibility index (Phi) is 5.09. The number of aromatic nitrogens is 3. The summed E-state index contributed by atoms with van der Waals surface area (Å²) in [6, 6.07) is 14.4. The van der Waals surface area contributed by atoms with Crippen LogP contribution in [-0.4, -0.2) is 44.0 Å². The minimum atomic E-state index is -0.218. The molecule has 1 aromatic carbocycles. The molecule has 1 saturated heterocycles. The summed E-state index contributed by atoms with van der Waals surface area (Å²) in [4.78, 5) is 6.57. The maximum atomic E-state index is 9.97. The van der Waals surface area contributed by atoms with Crippen LogP contribution in [0, 0.1) is 0 Å². The number of pyridine rings is 1. The van der Waals surface area contributed by atoms with E-state index >= 15 is 0 Å². The Morgan fingerprint density at radius 1 is 1.08 bits per heavy atom. The third kappa shape index (κ3) is 4.00. The van der Waals surface area contributed by atoms with E-state index in [2.05, 4.69) is 46.4 Å². The monoisotopic (exact) mass is 348 g/mol. The molecule has 5 nitrogen and oxygen atoms in total. The first-order valence-corrected chi connectivity index (χ1v) is 9.19. The van der Waals surface area contributed by atoms with Gasteiger partial charge in [0.2, 0.25) is 0 Å². The molecular formula is C21H24N4O. The van der Waals surface area contributed by atoms with Gasteiger partial charge in [0.25, 0.3) is 0 Å². The molecule has 0 aliphatic carbocycles. The third-order valence-corrected chi connectivity index (χ3v) is 4.83. The molecule has 134 valence electrons. The van der Waals surface area contributed by atoms with Crippen molar-refractivity contribution in [1.29, 1.82) is 0 Å². The number of aliphatic hydroxyl groups excluding tert-OH is 1. The highest BCUT2D eigenvalue weighted by Crippen LogP contribution is 2.24. The van der Waals surface area contributed by atoms with Crippen molar-refractivity contribution in [2.75, 3.05) is 13.1 Å². The lowest BCUT2D eigenvalue weighted by molar-refractivity contribution is 0.0669. The molecule has 1 fully saturated rings. The fourth-order valence-corrected chi connectivity index (χ4v) is 3.59. The molecule has 0 saturated carbocycles. The lowest BCUT2D eigenvalue weighted by Crippen LogP contribution is -2.37. The predicted octanol–water partition coefficient (Wildman–Crippen LogP) is 2.95. The zero-order valence-electron chi connectivity index (χ0n) is 14.8. The predicted molar refractivity (Wildman–Crippen MR) is 102 cm³/mol. The van der Waals surface area contributed by atoms with Gasteiger partial charge < -0.3 is 5.11 Å². The van der Waals surface area contributed by atoms with Crippen molar-refractivity contribution >= 4 is 0 Å². The average Bonchev–Trinajstić information content (AvgIpc) is 3.05. The number of likely N-dealkylation sites (tertiary alicyclic amines) is 1. The van der Waals surface area contributed by atoms with Crippen LogP contribution in [0.4, 0.5) is 0 Å². The molecule has 1 aliphatic rings. The van der Waals surface area contributed by atoms with Gasteiger partial charge in [-0.25, -0.2) is 0 Å². The normalized spacial score (nSPS) is 18.1. The molecule has 0 spiro atoms. The number of β-amino-alcohol motifs (C(OH)–C–C–N with tert-alkyl or cyclic N) is 1. The van der Waals surface area contributed by atoms with E-state index in [9.17, 15) is 5.11 Å². The second kappa shape index (κ2) is 7.81. The van der Waals surface area contributed by atoms with Gasteiger partial charge >= 0.3 is 0 Å². The van der Waals surface area contributed by atoms with Gasteiger partial charge in [0.05, 0.1) is 18.3 Å². The van der Waals surface area contributed by atoms with Crippen molar-refractivity contribution < 1.29 is 5.11 Å². The van der Waals surface area contributed by atoms with E-state index in [-0.39, 0.29) is 6.10 Å². The molecule has 1 N–H and O–H groups in total. The first-order valence-electron chi connectivity index (χ1n) is 9.19. The van der Waals surface area contributed by atoms with Gasteiger partial charge in [0.1, 0.15) is 0 Å². The van der Waals surface area contributed by atoms with Gasteiger partial charge in [0, 0.05) is 42.8 Å². The number of hydrogen-bond acceptors (Lipinski definition) is 4. The summed E-state index contributed by atoms with van der Waals surface area (Å²) < 4.78 is 2.01. The highest BCUT2D eigenvalue weighted by Gasteiger charge is 2.20. The van der Waals surface area contributed by atoms with E-state index in [1.807, 2.05) is 23.0 Å². The van der Waals surface area contributed by atoms with E-state index in [1.54, 1.807) is 6.20 Å². The molecule has 3 aromatic rings. The lowest BCUT2D eigenvalue weighted by atomic mass is 10.1. The van der Waals surface area contributed by atoms with Crippen LogP contribution >= 0.6 is 0 Å². The molecular weight excluding hydrogens is 324 g/mol. The Labute approximate surface area is 153 Å². The zero-order chi connectivity index (χ0) is 17.8. The second-order valence-electron chi connectivity index (χ2n) is 6.96. The van der Waals surface area contributed by atoms with Crippen LogP contribution in [-0.2, 0) is 13.1 Å². The second-order valence-corrected chi connectivity index (χ2v) is 6.96. The number of aliphatic hydroxyl groups is 1. The maximum absolute atomic E-state index is 9.97. The van der Waals surface area contributed by atoms with E-state index in [4.69, 9.17) is 5.10 Å². The van der Waals surface area contributed by atoms with Crippen molar-refractivity contribution in [3.05, 3.63) is 72.2 Å². The number of piperidine rings is 1. The molecule has 4 rings (SSSR count). The molecule has 5 heteroatoms. The Balaban J connectivity index is 1.62. The van der Waals surface area contributed by atoms with Crippen molar-refractivity contribution in [3.63, 3.8) is 0 Å². The minimum absolute atomic E-state index is 0.218. The van der Waals surface area contributed by atoms with Crippen LogP contribution in [0.1, 0.15) is 24.0 Å². The number of rotatable bonds is 5. The van der Waals surface area contributed by atoms with Gasteiger partial charge in [0.15, 0.2) is 0 Å². The largest absolute Gasteiger partial charge is 0.392 e. The van der Waals surface area contributed by atoms with Crippen molar-refractivity contribution in [1.82, 2.24) is 19.7 Å².